The van der Waals surface area contributed by atoms with E-state index in [-0.39, 0.29) is 23.2 Å². The van der Waals surface area contributed by atoms with Gasteiger partial charge in [-0.15, -0.1) is 0 Å². The molecule has 0 spiro atoms. The molecule has 0 radical (unpaired) electrons. The van der Waals surface area contributed by atoms with Crippen LogP contribution in [0.15, 0.2) is 71.5 Å². The zero-order valence-electron chi connectivity index (χ0n) is 17.5. The van der Waals surface area contributed by atoms with Crippen molar-refractivity contribution in [3.05, 3.63) is 93.9 Å². The van der Waals surface area contributed by atoms with E-state index >= 15 is 0 Å². The van der Waals surface area contributed by atoms with Crippen molar-refractivity contribution in [3.63, 3.8) is 0 Å². The Hall–Kier alpha value is -3.29. The van der Waals surface area contributed by atoms with Gasteiger partial charge >= 0.3 is 0 Å². The number of carbonyl (C=O) groups is 1. The summed E-state index contributed by atoms with van der Waals surface area (Å²) in [6.07, 6.45) is 0. The van der Waals surface area contributed by atoms with E-state index < -0.39 is 0 Å². The van der Waals surface area contributed by atoms with Gasteiger partial charge in [0, 0.05) is 25.7 Å². The van der Waals surface area contributed by atoms with Gasteiger partial charge in [-0.25, -0.2) is 0 Å². The lowest BCUT2D eigenvalue weighted by Crippen LogP contribution is -2.44. The van der Waals surface area contributed by atoms with Gasteiger partial charge < -0.3 is 10.1 Å². The van der Waals surface area contributed by atoms with Crippen LogP contribution in [0.2, 0.25) is 0 Å². The zero-order chi connectivity index (χ0) is 21.6. The van der Waals surface area contributed by atoms with Crippen LogP contribution in [0.4, 0.5) is 0 Å². The van der Waals surface area contributed by atoms with Crippen LogP contribution in [0.5, 0.6) is 0 Å². The normalized spacial score (nSPS) is 15.4. The number of carbonyl (C=O) groups excluding carboxylic acids is 1. The first-order valence-electron chi connectivity index (χ1n) is 10.4. The smallest absolute Gasteiger partial charge is 0.271 e. The Morgan fingerprint density at radius 1 is 1.03 bits per heavy atom. The molecule has 31 heavy (non-hydrogen) atoms. The highest BCUT2D eigenvalue weighted by atomic mass is 16.5. The van der Waals surface area contributed by atoms with Gasteiger partial charge in [0.1, 0.15) is 5.69 Å². The first kappa shape index (κ1) is 21.0. The van der Waals surface area contributed by atoms with Crippen molar-refractivity contribution in [1.82, 2.24) is 20.0 Å². The van der Waals surface area contributed by atoms with E-state index in [2.05, 4.69) is 46.5 Å². The number of rotatable bonds is 6. The number of aryl methyl sites for hydroxylation is 1. The number of hydrogen-bond donors (Lipinski definition) is 1. The Balaban J connectivity index is 1.52. The van der Waals surface area contributed by atoms with Crippen LogP contribution in [-0.4, -0.2) is 53.4 Å². The second-order valence-corrected chi connectivity index (χ2v) is 7.59. The Bertz CT molecular complexity index is 1070. The van der Waals surface area contributed by atoms with Gasteiger partial charge in [0.25, 0.3) is 11.5 Å². The minimum atomic E-state index is -0.310. The maximum absolute atomic E-state index is 12.9. The van der Waals surface area contributed by atoms with Crippen molar-refractivity contribution >= 4 is 5.91 Å². The van der Waals surface area contributed by atoms with Gasteiger partial charge in [-0.1, -0.05) is 48.0 Å². The third kappa shape index (κ3) is 5.07. The first-order chi connectivity index (χ1) is 15.1. The fourth-order valence-corrected chi connectivity index (χ4v) is 3.70. The molecule has 1 fully saturated rings. The molecule has 160 valence electrons. The van der Waals surface area contributed by atoms with Crippen LogP contribution < -0.4 is 10.9 Å². The number of amides is 1. The fraction of sp³-hybridized carbons (Fsp3) is 0.292. The predicted molar refractivity (Wildman–Crippen MR) is 118 cm³/mol. The van der Waals surface area contributed by atoms with Crippen molar-refractivity contribution in [2.24, 2.45) is 0 Å². The van der Waals surface area contributed by atoms with Gasteiger partial charge in [0.15, 0.2) is 0 Å². The Labute approximate surface area is 181 Å². The largest absolute Gasteiger partial charge is 0.379 e. The number of aromatic nitrogens is 2. The monoisotopic (exact) mass is 418 g/mol. The average Bonchev–Trinajstić information content (AvgIpc) is 2.82. The maximum atomic E-state index is 12.9. The van der Waals surface area contributed by atoms with Gasteiger partial charge in [-0.3, -0.25) is 14.5 Å². The molecule has 1 saturated heterocycles. The summed E-state index contributed by atoms with van der Waals surface area (Å²) in [5.74, 6) is -0.310. The molecule has 0 saturated carbocycles. The van der Waals surface area contributed by atoms with E-state index in [1.54, 1.807) is 12.1 Å². The molecule has 1 N–H and O–H groups in total. The molecule has 1 aromatic heterocycles. The fourth-order valence-electron chi connectivity index (χ4n) is 3.70. The number of hydrogen-bond acceptors (Lipinski definition) is 5. The van der Waals surface area contributed by atoms with Gasteiger partial charge in [-0.2, -0.15) is 9.78 Å². The summed E-state index contributed by atoms with van der Waals surface area (Å²) in [6, 6.07) is 20.3. The van der Waals surface area contributed by atoms with Gasteiger partial charge in [0.2, 0.25) is 0 Å². The molecule has 0 bridgehead atoms. The summed E-state index contributed by atoms with van der Waals surface area (Å²) in [5, 5.41) is 7.28. The third-order valence-electron chi connectivity index (χ3n) is 5.44. The number of nitrogens with zero attached hydrogens (tertiary/aromatic N) is 3. The highest BCUT2D eigenvalue weighted by Crippen LogP contribution is 2.22. The summed E-state index contributed by atoms with van der Waals surface area (Å²) in [5.41, 5.74) is 2.88. The van der Waals surface area contributed by atoms with Crippen molar-refractivity contribution in [2.45, 2.75) is 13.0 Å². The van der Waals surface area contributed by atoms with Crippen LogP contribution in [0.3, 0.4) is 0 Å². The molecule has 4 rings (SSSR count). The van der Waals surface area contributed by atoms with Crippen LogP contribution in [0, 0.1) is 6.92 Å². The molecule has 0 aliphatic carbocycles. The lowest BCUT2D eigenvalue weighted by molar-refractivity contribution is 0.0162. The average molecular weight is 418 g/mol. The third-order valence-corrected chi connectivity index (χ3v) is 5.44. The van der Waals surface area contributed by atoms with E-state index in [0.29, 0.717) is 25.4 Å². The molecule has 1 amide bonds. The number of ether oxygens (including phenoxy) is 1. The van der Waals surface area contributed by atoms with Crippen molar-refractivity contribution in [3.8, 4) is 5.69 Å². The van der Waals surface area contributed by atoms with Crippen LogP contribution in [-0.2, 0) is 4.74 Å². The molecular weight excluding hydrogens is 392 g/mol. The standard InChI is InChI=1S/C24H26N4O3/c1-18-7-9-19(10-8-18)22(27-13-15-31-16-14-27)17-25-24(30)21-11-12-23(29)28(26-21)20-5-3-2-4-6-20/h2-12,22H,13-17H2,1H3,(H,25,30). The number of benzene rings is 2. The number of morpholine rings is 1. The first-order valence-corrected chi connectivity index (χ1v) is 10.4. The summed E-state index contributed by atoms with van der Waals surface area (Å²) < 4.78 is 6.74. The molecule has 2 aromatic carbocycles. The summed E-state index contributed by atoms with van der Waals surface area (Å²) in [4.78, 5) is 27.4. The highest BCUT2D eigenvalue weighted by molar-refractivity contribution is 5.92. The van der Waals surface area contributed by atoms with E-state index in [0.717, 1.165) is 18.7 Å². The van der Waals surface area contributed by atoms with Crippen molar-refractivity contribution < 1.29 is 9.53 Å². The second kappa shape index (κ2) is 9.68. The van der Waals surface area contributed by atoms with Crippen LogP contribution in [0.1, 0.15) is 27.7 Å². The van der Waals surface area contributed by atoms with Gasteiger partial charge in [0.05, 0.1) is 24.9 Å². The summed E-state index contributed by atoms with van der Waals surface area (Å²) in [6.45, 7) is 5.48. The molecule has 7 heteroatoms. The molecule has 3 aromatic rings. The van der Waals surface area contributed by atoms with E-state index in [9.17, 15) is 9.59 Å². The molecular formula is C24H26N4O3. The van der Waals surface area contributed by atoms with Crippen molar-refractivity contribution in [2.75, 3.05) is 32.8 Å². The topological polar surface area (TPSA) is 76.5 Å². The van der Waals surface area contributed by atoms with Gasteiger partial charge in [-0.05, 0) is 30.7 Å². The van der Waals surface area contributed by atoms with Crippen LogP contribution >= 0.6 is 0 Å². The maximum Gasteiger partial charge on any atom is 0.271 e. The summed E-state index contributed by atoms with van der Waals surface area (Å²) in [7, 11) is 0. The lowest BCUT2D eigenvalue weighted by atomic mass is 10.0. The van der Waals surface area contributed by atoms with Crippen molar-refractivity contribution in [1.29, 1.82) is 0 Å². The Kier molecular flexibility index (Phi) is 6.54. The molecule has 1 aliphatic heterocycles. The minimum Gasteiger partial charge on any atom is -0.379 e. The molecule has 1 aliphatic rings. The highest BCUT2D eigenvalue weighted by Gasteiger charge is 2.23. The Morgan fingerprint density at radius 3 is 2.45 bits per heavy atom. The van der Waals surface area contributed by atoms with E-state index in [4.69, 9.17) is 4.74 Å². The molecule has 1 unspecified atom stereocenters. The number of nitrogens with one attached hydrogen (secondary N) is 1. The second-order valence-electron chi connectivity index (χ2n) is 7.59. The SMILES string of the molecule is Cc1ccc(C(CNC(=O)c2ccc(=O)n(-c3ccccc3)n2)N2CCOCC2)cc1. The Morgan fingerprint density at radius 2 is 1.74 bits per heavy atom. The molecule has 2 heterocycles. The predicted octanol–water partition coefficient (Wildman–Crippen LogP) is 2.34. The quantitative estimate of drug-likeness (QED) is 0.665. The summed E-state index contributed by atoms with van der Waals surface area (Å²) >= 11 is 0. The van der Waals surface area contributed by atoms with Crippen LogP contribution in [0.25, 0.3) is 5.69 Å². The lowest BCUT2D eigenvalue weighted by Gasteiger charge is -2.35. The molecule has 1 atom stereocenters. The van der Waals surface area contributed by atoms with E-state index in [1.807, 2.05) is 18.2 Å². The molecule has 7 nitrogen and oxygen atoms in total. The van der Waals surface area contributed by atoms with E-state index in [1.165, 1.54) is 22.4 Å². The zero-order valence-corrected chi connectivity index (χ0v) is 17.5. The number of para-hydroxylation sites is 1. The minimum absolute atomic E-state index is 0.0356.